The van der Waals surface area contributed by atoms with Gasteiger partial charge >= 0.3 is 0 Å². The lowest BCUT2D eigenvalue weighted by atomic mass is 9.99. The number of fused-ring (bicyclic) bond motifs is 1. The Morgan fingerprint density at radius 3 is 2.80 bits per heavy atom. The number of aliphatic hydroxyl groups is 1. The van der Waals surface area contributed by atoms with E-state index in [2.05, 4.69) is 15.3 Å². The summed E-state index contributed by atoms with van der Waals surface area (Å²) in [6.45, 7) is 6.99. The third kappa shape index (κ3) is 4.49. The number of nitrogens with one attached hydrogen (secondary N) is 1. The molecule has 3 aromatic heterocycles. The first-order chi connectivity index (χ1) is 16.8. The molecule has 1 saturated heterocycles. The van der Waals surface area contributed by atoms with E-state index in [1.165, 1.54) is 0 Å². The lowest BCUT2D eigenvalue weighted by Gasteiger charge is -2.24. The molecule has 0 saturated carbocycles. The van der Waals surface area contributed by atoms with E-state index in [9.17, 15) is 9.90 Å². The Labute approximate surface area is 208 Å². The smallest absolute Gasteiger partial charge is 0.196 e. The molecule has 35 heavy (non-hydrogen) atoms. The second-order valence-corrected chi connectivity index (χ2v) is 9.50. The highest BCUT2D eigenvalue weighted by atomic mass is 35.5. The molecular formula is C27H27ClN4O3. The van der Waals surface area contributed by atoms with Gasteiger partial charge in [-0.3, -0.25) is 9.78 Å². The Hall–Kier alpha value is -3.42. The first-order valence-corrected chi connectivity index (χ1v) is 12.0. The van der Waals surface area contributed by atoms with Crippen LogP contribution in [-0.4, -0.2) is 34.3 Å². The third-order valence-corrected chi connectivity index (χ3v) is 6.67. The lowest BCUT2D eigenvalue weighted by Crippen LogP contribution is -2.24. The summed E-state index contributed by atoms with van der Waals surface area (Å²) in [6.07, 6.45) is 3.69. The SMILES string of the molecule is Cc1cc([C@@H](C)Nc2ccc(Cl)nc2N2CC[C@@H](O)C2)c2oc(-c3cccnc3)c(C)c(=O)c2c1. The van der Waals surface area contributed by atoms with Crippen LogP contribution in [0, 0.1) is 13.8 Å². The Morgan fingerprint density at radius 2 is 2.09 bits per heavy atom. The molecule has 0 radical (unpaired) electrons. The molecule has 180 valence electrons. The van der Waals surface area contributed by atoms with Gasteiger partial charge in [0.1, 0.15) is 16.5 Å². The highest BCUT2D eigenvalue weighted by Crippen LogP contribution is 2.35. The number of anilines is 2. The number of hydrogen-bond acceptors (Lipinski definition) is 7. The number of β-amino-alcohol motifs (C(OH)–C–C–N with tert-alkyl or cyclic N) is 1. The van der Waals surface area contributed by atoms with Crippen LogP contribution in [-0.2, 0) is 0 Å². The van der Waals surface area contributed by atoms with Crippen molar-refractivity contribution in [2.45, 2.75) is 39.3 Å². The molecule has 0 unspecified atom stereocenters. The van der Waals surface area contributed by atoms with Gasteiger partial charge < -0.3 is 19.7 Å². The number of pyridine rings is 2. The number of aliphatic hydroxyl groups excluding tert-OH is 1. The normalized spacial score (nSPS) is 16.6. The Bertz CT molecular complexity index is 1450. The fourth-order valence-corrected chi connectivity index (χ4v) is 4.83. The summed E-state index contributed by atoms with van der Waals surface area (Å²) in [6, 6.07) is 11.0. The summed E-state index contributed by atoms with van der Waals surface area (Å²) >= 11 is 6.21. The van der Waals surface area contributed by atoms with Crippen molar-refractivity contribution in [3.63, 3.8) is 0 Å². The molecule has 8 heteroatoms. The fraction of sp³-hybridized carbons (Fsp3) is 0.296. The van der Waals surface area contributed by atoms with Crippen molar-refractivity contribution in [2.75, 3.05) is 23.3 Å². The van der Waals surface area contributed by atoms with Crippen LogP contribution in [0.1, 0.15) is 36.1 Å². The number of hydrogen-bond donors (Lipinski definition) is 2. The van der Waals surface area contributed by atoms with Gasteiger partial charge in [-0.2, -0.15) is 0 Å². The zero-order chi connectivity index (χ0) is 24.7. The number of aromatic nitrogens is 2. The standard InChI is InChI=1S/C27H27ClN4O3/c1-15-11-20(17(3)30-22-6-7-23(28)31-27(22)32-10-8-19(33)14-32)26-21(12-15)24(34)16(2)25(35-26)18-5-4-9-29-13-18/h4-7,9,11-13,17,19,30,33H,8,10,14H2,1-3H3/t17-,19-/m1/s1. The van der Waals surface area contributed by atoms with E-state index in [4.69, 9.17) is 16.0 Å². The van der Waals surface area contributed by atoms with E-state index < -0.39 is 0 Å². The lowest BCUT2D eigenvalue weighted by molar-refractivity contribution is 0.198. The van der Waals surface area contributed by atoms with Crippen LogP contribution in [0.3, 0.4) is 0 Å². The van der Waals surface area contributed by atoms with E-state index in [1.807, 2.05) is 49.1 Å². The van der Waals surface area contributed by atoms with Gasteiger partial charge in [-0.1, -0.05) is 17.7 Å². The van der Waals surface area contributed by atoms with Gasteiger partial charge in [0, 0.05) is 42.2 Å². The van der Waals surface area contributed by atoms with E-state index >= 15 is 0 Å². The number of aryl methyl sites for hydroxylation is 1. The fourth-order valence-electron chi connectivity index (χ4n) is 4.69. The first-order valence-electron chi connectivity index (χ1n) is 11.7. The highest BCUT2D eigenvalue weighted by Gasteiger charge is 2.25. The Kier molecular flexibility index (Phi) is 6.21. The van der Waals surface area contributed by atoms with E-state index in [0.29, 0.717) is 52.8 Å². The zero-order valence-electron chi connectivity index (χ0n) is 19.9. The van der Waals surface area contributed by atoms with E-state index in [-0.39, 0.29) is 17.6 Å². The quantitative estimate of drug-likeness (QED) is 0.368. The van der Waals surface area contributed by atoms with Crippen molar-refractivity contribution in [1.82, 2.24) is 9.97 Å². The van der Waals surface area contributed by atoms with Crippen molar-refractivity contribution in [1.29, 1.82) is 0 Å². The second-order valence-electron chi connectivity index (χ2n) is 9.12. The molecule has 5 rings (SSSR count). The molecule has 2 N–H and O–H groups in total. The molecule has 4 heterocycles. The van der Waals surface area contributed by atoms with Gasteiger partial charge in [0.15, 0.2) is 11.2 Å². The van der Waals surface area contributed by atoms with Crippen LogP contribution >= 0.6 is 11.6 Å². The minimum atomic E-state index is -0.384. The molecule has 1 aromatic carbocycles. The average Bonchev–Trinajstić information content (AvgIpc) is 3.29. The van der Waals surface area contributed by atoms with Gasteiger partial charge in [0.25, 0.3) is 0 Å². The number of halogens is 1. The van der Waals surface area contributed by atoms with Crippen LogP contribution in [0.4, 0.5) is 11.5 Å². The largest absolute Gasteiger partial charge is 0.455 e. The molecule has 1 fully saturated rings. The van der Waals surface area contributed by atoms with Crippen molar-refractivity contribution < 1.29 is 9.52 Å². The molecule has 0 spiro atoms. The average molecular weight is 491 g/mol. The molecule has 1 aliphatic heterocycles. The summed E-state index contributed by atoms with van der Waals surface area (Å²) in [5.41, 5.74) is 4.44. The number of benzene rings is 1. The summed E-state index contributed by atoms with van der Waals surface area (Å²) in [5, 5.41) is 14.5. The van der Waals surface area contributed by atoms with Crippen molar-refractivity contribution in [3.8, 4) is 11.3 Å². The van der Waals surface area contributed by atoms with E-state index in [1.54, 1.807) is 25.4 Å². The Morgan fingerprint density at radius 1 is 1.26 bits per heavy atom. The summed E-state index contributed by atoms with van der Waals surface area (Å²) in [7, 11) is 0. The van der Waals surface area contributed by atoms with Crippen molar-refractivity contribution >= 4 is 34.1 Å². The predicted molar refractivity (Wildman–Crippen MR) is 139 cm³/mol. The zero-order valence-corrected chi connectivity index (χ0v) is 20.6. The Balaban J connectivity index is 1.60. The maximum Gasteiger partial charge on any atom is 0.196 e. The van der Waals surface area contributed by atoms with Crippen molar-refractivity contribution in [3.05, 3.63) is 80.9 Å². The molecule has 0 amide bonds. The molecule has 7 nitrogen and oxygen atoms in total. The van der Waals surface area contributed by atoms with Gasteiger partial charge in [-0.05, 0) is 63.1 Å². The minimum absolute atomic E-state index is 0.0536. The third-order valence-electron chi connectivity index (χ3n) is 6.46. The summed E-state index contributed by atoms with van der Waals surface area (Å²) < 4.78 is 6.41. The summed E-state index contributed by atoms with van der Waals surface area (Å²) in [4.78, 5) is 24.1. The molecule has 1 aliphatic rings. The molecule has 0 aliphatic carbocycles. The van der Waals surface area contributed by atoms with Crippen LogP contribution in [0.15, 0.2) is 58.0 Å². The van der Waals surface area contributed by atoms with Crippen LogP contribution in [0.2, 0.25) is 5.15 Å². The first kappa shape index (κ1) is 23.3. The van der Waals surface area contributed by atoms with Crippen LogP contribution in [0.25, 0.3) is 22.3 Å². The second kappa shape index (κ2) is 9.32. The van der Waals surface area contributed by atoms with E-state index in [0.717, 1.165) is 22.4 Å². The molecule has 2 atom stereocenters. The molecular weight excluding hydrogens is 464 g/mol. The van der Waals surface area contributed by atoms with Gasteiger partial charge in [-0.15, -0.1) is 0 Å². The predicted octanol–water partition coefficient (Wildman–Crippen LogP) is 5.26. The van der Waals surface area contributed by atoms with Gasteiger partial charge in [0.2, 0.25) is 0 Å². The van der Waals surface area contributed by atoms with Crippen LogP contribution < -0.4 is 15.6 Å². The minimum Gasteiger partial charge on any atom is -0.455 e. The number of nitrogens with zero attached hydrogens (tertiary/aromatic N) is 3. The molecule has 0 bridgehead atoms. The van der Waals surface area contributed by atoms with Gasteiger partial charge in [0.05, 0.1) is 23.2 Å². The highest BCUT2D eigenvalue weighted by molar-refractivity contribution is 6.29. The topological polar surface area (TPSA) is 91.5 Å². The van der Waals surface area contributed by atoms with Gasteiger partial charge in [-0.25, -0.2) is 4.98 Å². The maximum absolute atomic E-state index is 13.3. The summed E-state index contributed by atoms with van der Waals surface area (Å²) in [5.74, 6) is 1.22. The van der Waals surface area contributed by atoms with Crippen LogP contribution in [0.5, 0.6) is 0 Å². The van der Waals surface area contributed by atoms with Crippen molar-refractivity contribution in [2.24, 2.45) is 0 Å². The number of rotatable bonds is 5. The molecule has 4 aromatic rings. The maximum atomic E-state index is 13.3. The monoisotopic (exact) mass is 490 g/mol.